The molecule has 2 N–H and O–H groups in total. The molecular formula is C13H11N3S. The minimum Gasteiger partial charge on any atom is -0.382 e. The number of benzene rings is 1. The zero-order valence-electron chi connectivity index (χ0n) is 9.13. The van der Waals surface area contributed by atoms with Crippen LogP contribution in [0.4, 0.5) is 0 Å². The maximum absolute atomic E-state index is 5.91. The molecule has 0 radical (unpaired) electrons. The van der Waals surface area contributed by atoms with Gasteiger partial charge in [-0.3, -0.25) is 4.99 Å². The summed E-state index contributed by atoms with van der Waals surface area (Å²) in [6, 6.07) is 12.4. The van der Waals surface area contributed by atoms with Gasteiger partial charge in [-0.05, 0) is 17.2 Å². The van der Waals surface area contributed by atoms with Gasteiger partial charge in [0.1, 0.15) is 12.2 Å². The smallest absolute Gasteiger partial charge is 0.142 e. The highest BCUT2D eigenvalue weighted by Gasteiger charge is 2.14. The van der Waals surface area contributed by atoms with Crippen LogP contribution in [0.15, 0.2) is 46.4 Å². The highest BCUT2D eigenvalue weighted by Crippen LogP contribution is 2.32. The Morgan fingerprint density at radius 1 is 1.18 bits per heavy atom. The molecule has 1 aromatic heterocycles. The van der Waals surface area contributed by atoms with Gasteiger partial charge in [-0.15, -0.1) is 11.3 Å². The molecule has 0 unspecified atom stereocenters. The molecule has 0 saturated carbocycles. The summed E-state index contributed by atoms with van der Waals surface area (Å²) in [5, 5.41) is 0. The van der Waals surface area contributed by atoms with Crippen LogP contribution in [-0.2, 0) is 6.54 Å². The van der Waals surface area contributed by atoms with Gasteiger partial charge >= 0.3 is 0 Å². The summed E-state index contributed by atoms with van der Waals surface area (Å²) in [6.45, 7) is 0.656. The summed E-state index contributed by atoms with van der Waals surface area (Å²) >= 11 is 1.67. The first kappa shape index (κ1) is 10.2. The van der Waals surface area contributed by atoms with Crippen LogP contribution >= 0.6 is 11.3 Å². The Morgan fingerprint density at radius 3 is 2.82 bits per heavy atom. The lowest BCUT2D eigenvalue weighted by atomic mass is 10.1. The van der Waals surface area contributed by atoms with Crippen molar-refractivity contribution >= 4 is 23.5 Å². The number of hydrogen-bond donors (Lipinski definition) is 1. The predicted molar refractivity (Wildman–Crippen MR) is 72.7 cm³/mol. The molecule has 4 heteroatoms. The van der Waals surface area contributed by atoms with E-state index in [0.717, 1.165) is 10.4 Å². The molecule has 1 aliphatic rings. The van der Waals surface area contributed by atoms with Crippen molar-refractivity contribution in [3.8, 4) is 10.4 Å². The third-order valence-corrected chi connectivity index (χ3v) is 3.89. The van der Waals surface area contributed by atoms with Crippen molar-refractivity contribution in [3.63, 3.8) is 0 Å². The number of rotatable bonds is 1. The lowest BCUT2D eigenvalue weighted by Gasteiger charge is -1.95. The summed E-state index contributed by atoms with van der Waals surface area (Å²) in [4.78, 5) is 10.5. The van der Waals surface area contributed by atoms with Crippen molar-refractivity contribution in [1.82, 2.24) is 0 Å². The van der Waals surface area contributed by atoms with Crippen LogP contribution in [0.3, 0.4) is 0 Å². The van der Waals surface area contributed by atoms with Crippen molar-refractivity contribution in [2.75, 3.05) is 0 Å². The van der Waals surface area contributed by atoms with E-state index < -0.39 is 0 Å². The number of nitrogens with zero attached hydrogens (tertiary/aromatic N) is 2. The van der Waals surface area contributed by atoms with Crippen LogP contribution in [0.2, 0.25) is 0 Å². The van der Waals surface area contributed by atoms with E-state index in [0.29, 0.717) is 12.4 Å². The highest BCUT2D eigenvalue weighted by molar-refractivity contribution is 7.17. The largest absolute Gasteiger partial charge is 0.382 e. The maximum atomic E-state index is 5.91. The van der Waals surface area contributed by atoms with Crippen LogP contribution < -0.4 is 5.73 Å². The molecule has 0 fully saturated rings. The van der Waals surface area contributed by atoms with E-state index in [4.69, 9.17) is 5.73 Å². The second kappa shape index (κ2) is 4.14. The molecule has 0 saturated heterocycles. The van der Waals surface area contributed by atoms with Crippen LogP contribution in [0, 0.1) is 0 Å². The lowest BCUT2D eigenvalue weighted by Crippen LogP contribution is -2.12. The van der Waals surface area contributed by atoms with Crippen molar-refractivity contribution in [2.24, 2.45) is 15.7 Å². The fraction of sp³-hybridized carbons (Fsp3) is 0.0769. The molecule has 0 aliphatic carbocycles. The standard InChI is InChI=1S/C13H11N3S/c14-13-12-10(7-15-8-16-13)6-11(17-12)9-4-2-1-3-5-9/h1-6,8H,7H2,(H2,14,15,16). The second-order valence-electron chi connectivity index (χ2n) is 3.80. The van der Waals surface area contributed by atoms with Gasteiger partial charge < -0.3 is 5.73 Å². The van der Waals surface area contributed by atoms with E-state index in [1.807, 2.05) is 18.2 Å². The van der Waals surface area contributed by atoms with Crippen LogP contribution in [0.1, 0.15) is 10.4 Å². The molecule has 3 nitrogen and oxygen atoms in total. The van der Waals surface area contributed by atoms with E-state index in [9.17, 15) is 0 Å². The van der Waals surface area contributed by atoms with Crippen LogP contribution in [0.25, 0.3) is 10.4 Å². The Labute approximate surface area is 103 Å². The van der Waals surface area contributed by atoms with Gasteiger partial charge in [0.2, 0.25) is 0 Å². The Balaban J connectivity index is 2.09. The first-order chi connectivity index (χ1) is 8.34. The molecule has 0 spiro atoms. The van der Waals surface area contributed by atoms with Gasteiger partial charge in [-0.1, -0.05) is 30.3 Å². The lowest BCUT2D eigenvalue weighted by molar-refractivity contribution is 1.09. The van der Waals surface area contributed by atoms with E-state index in [2.05, 4.69) is 28.2 Å². The highest BCUT2D eigenvalue weighted by atomic mass is 32.1. The normalized spacial score (nSPS) is 14.0. The number of amidine groups is 1. The third kappa shape index (κ3) is 1.87. The fourth-order valence-electron chi connectivity index (χ4n) is 1.81. The first-order valence-corrected chi connectivity index (χ1v) is 6.16. The van der Waals surface area contributed by atoms with E-state index in [-0.39, 0.29) is 0 Å². The second-order valence-corrected chi connectivity index (χ2v) is 4.85. The van der Waals surface area contributed by atoms with Gasteiger partial charge in [-0.2, -0.15) is 0 Å². The van der Waals surface area contributed by atoms with Crippen molar-refractivity contribution in [2.45, 2.75) is 6.54 Å². The zero-order valence-corrected chi connectivity index (χ0v) is 9.95. The molecule has 2 heterocycles. The van der Waals surface area contributed by atoms with Gasteiger partial charge in [-0.25, -0.2) is 4.99 Å². The van der Waals surface area contributed by atoms with Crippen molar-refractivity contribution in [3.05, 3.63) is 46.8 Å². The topological polar surface area (TPSA) is 50.7 Å². The Bertz CT molecular complexity index is 596. The Hall–Kier alpha value is -1.94. The average Bonchev–Trinajstić information content (AvgIpc) is 2.72. The van der Waals surface area contributed by atoms with Gasteiger partial charge in [0.25, 0.3) is 0 Å². The van der Waals surface area contributed by atoms with E-state index in [1.165, 1.54) is 16.8 Å². The van der Waals surface area contributed by atoms with Gasteiger partial charge in [0.15, 0.2) is 0 Å². The number of thiophene rings is 1. The minimum absolute atomic E-state index is 0.563. The molecule has 17 heavy (non-hydrogen) atoms. The maximum Gasteiger partial charge on any atom is 0.142 e. The molecule has 1 aromatic carbocycles. The monoisotopic (exact) mass is 241 g/mol. The third-order valence-electron chi connectivity index (χ3n) is 2.64. The molecule has 84 valence electrons. The molecule has 3 rings (SSSR count). The molecule has 0 bridgehead atoms. The SMILES string of the molecule is NC1=NC=NCc2cc(-c3ccccc3)sc21. The van der Waals surface area contributed by atoms with E-state index >= 15 is 0 Å². The molecule has 0 atom stereocenters. The summed E-state index contributed by atoms with van der Waals surface area (Å²) in [6.07, 6.45) is 1.53. The van der Waals surface area contributed by atoms with Crippen LogP contribution in [-0.4, -0.2) is 12.2 Å². The predicted octanol–water partition coefficient (Wildman–Crippen LogP) is 2.66. The number of fused-ring (bicyclic) bond motifs is 1. The van der Waals surface area contributed by atoms with Crippen molar-refractivity contribution in [1.29, 1.82) is 0 Å². The van der Waals surface area contributed by atoms with E-state index in [1.54, 1.807) is 11.3 Å². The molecule has 0 amide bonds. The first-order valence-electron chi connectivity index (χ1n) is 5.34. The molecule has 1 aliphatic heterocycles. The fourth-order valence-corrected chi connectivity index (χ4v) is 2.90. The van der Waals surface area contributed by atoms with Crippen LogP contribution in [0.5, 0.6) is 0 Å². The minimum atomic E-state index is 0.563. The number of nitrogens with two attached hydrogens (primary N) is 1. The van der Waals surface area contributed by atoms with Crippen molar-refractivity contribution < 1.29 is 0 Å². The summed E-state index contributed by atoms with van der Waals surface area (Å²) in [5.74, 6) is 0.563. The molecule has 2 aromatic rings. The molecular weight excluding hydrogens is 230 g/mol. The summed E-state index contributed by atoms with van der Waals surface area (Å²) in [5.41, 5.74) is 8.27. The Morgan fingerprint density at radius 2 is 2.00 bits per heavy atom. The summed E-state index contributed by atoms with van der Waals surface area (Å²) < 4.78 is 0. The zero-order chi connectivity index (χ0) is 11.7. The Kier molecular flexibility index (Phi) is 2.49. The summed E-state index contributed by atoms with van der Waals surface area (Å²) in [7, 11) is 0. The number of aliphatic imine (C=N–C) groups is 2. The number of hydrogen-bond acceptors (Lipinski definition) is 4. The quantitative estimate of drug-likeness (QED) is 0.820. The van der Waals surface area contributed by atoms with Gasteiger partial charge in [0.05, 0.1) is 11.4 Å². The average molecular weight is 241 g/mol. The van der Waals surface area contributed by atoms with Gasteiger partial charge in [0, 0.05) is 4.88 Å².